The van der Waals surface area contributed by atoms with Gasteiger partial charge >= 0.3 is 0 Å². The maximum atomic E-state index is 15.3. The highest BCUT2D eigenvalue weighted by molar-refractivity contribution is 5.19. The molecule has 0 saturated heterocycles. The molecule has 0 bridgehead atoms. The zero-order valence-corrected chi connectivity index (χ0v) is 24.0. The van der Waals surface area contributed by atoms with Gasteiger partial charge in [0.1, 0.15) is 5.67 Å². The van der Waals surface area contributed by atoms with E-state index in [1.807, 2.05) is 20.8 Å². The van der Waals surface area contributed by atoms with Crippen molar-refractivity contribution >= 4 is 0 Å². The molecule has 1 aliphatic rings. The average Bonchev–Trinajstić information content (AvgIpc) is 2.63. The van der Waals surface area contributed by atoms with Crippen molar-refractivity contribution in [1.29, 1.82) is 0 Å². The molecule has 0 amide bonds. The van der Waals surface area contributed by atoms with Crippen molar-refractivity contribution in [2.45, 2.75) is 134 Å². The SMILES string of the molecule is C=C(C)CC(=C)C(C)CCCC.C=C=C(C)C(C)(F)C1(C)CC(C)(C)CC(C)(C)C1.CC. The molecule has 0 spiro atoms. The van der Waals surface area contributed by atoms with Crippen LogP contribution in [0.2, 0.25) is 0 Å². The molecule has 0 aromatic rings. The van der Waals surface area contributed by atoms with Crippen LogP contribution in [-0.2, 0) is 0 Å². The Bertz CT molecular complexity index is 621. The van der Waals surface area contributed by atoms with Gasteiger partial charge in [0.15, 0.2) is 0 Å². The van der Waals surface area contributed by atoms with Gasteiger partial charge in [0.25, 0.3) is 0 Å². The van der Waals surface area contributed by atoms with Crippen LogP contribution in [0.15, 0.2) is 42.2 Å². The van der Waals surface area contributed by atoms with Crippen LogP contribution in [0.5, 0.6) is 0 Å². The van der Waals surface area contributed by atoms with Gasteiger partial charge in [-0.1, -0.05) is 106 Å². The molecule has 0 N–H and O–H groups in total. The van der Waals surface area contributed by atoms with E-state index in [0.717, 1.165) is 25.7 Å². The van der Waals surface area contributed by atoms with Crippen LogP contribution in [0, 0.1) is 22.2 Å². The predicted molar refractivity (Wildman–Crippen MR) is 146 cm³/mol. The van der Waals surface area contributed by atoms with Gasteiger partial charge in [-0.25, -0.2) is 4.39 Å². The van der Waals surface area contributed by atoms with Crippen LogP contribution >= 0.6 is 0 Å². The van der Waals surface area contributed by atoms with E-state index in [4.69, 9.17) is 0 Å². The van der Waals surface area contributed by atoms with Crippen LogP contribution < -0.4 is 0 Å². The number of rotatable bonds is 8. The van der Waals surface area contributed by atoms with Crippen molar-refractivity contribution in [3.05, 3.63) is 42.2 Å². The number of hydrogen-bond acceptors (Lipinski definition) is 0. The zero-order chi connectivity index (χ0) is 26.0. The van der Waals surface area contributed by atoms with E-state index in [0.29, 0.717) is 11.5 Å². The fourth-order valence-electron chi connectivity index (χ4n) is 5.82. The summed E-state index contributed by atoms with van der Waals surface area (Å²) in [6.45, 7) is 36.8. The minimum absolute atomic E-state index is 0.186. The Labute approximate surface area is 202 Å². The lowest BCUT2D eigenvalue weighted by Crippen LogP contribution is -2.50. The van der Waals surface area contributed by atoms with Crippen molar-refractivity contribution in [2.75, 3.05) is 0 Å². The highest BCUT2D eigenvalue weighted by Crippen LogP contribution is 2.60. The van der Waals surface area contributed by atoms with Gasteiger partial charge in [0.05, 0.1) is 0 Å². The van der Waals surface area contributed by atoms with Gasteiger partial charge in [-0.05, 0) is 69.6 Å². The van der Waals surface area contributed by atoms with Gasteiger partial charge in [0.2, 0.25) is 0 Å². The standard InChI is InChI=1S/C17H29F.C12H22.C2H6/c1-9-13(2)17(8,18)16(7)11-14(3,4)10-15(5,6)12-16;1-6-7-8-11(4)12(5)9-10(2)3;1-2/h1,10-12H2,2-8H3;11H,2,5-9H2,1,3-4H3;1-2H3. The molecule has 1 saturated carbocycles. The molecule has 0 aromatic carbocycles. The second-order valence-corrected chi connectivity index (χ2v) is 12.1. The first-order valence-electron chi connectivity index (χ1n) is 12.8. The summed E-state index contributed by atoms with van der Waals surface area (Å²) >= 11 is 0. The molecule has 0 aliphatic heterocycles. The first-order valence-corrected chi connectivity index (χ1v) is 12.8. The Morgan fingerprint density at radius 2 is 1.44 bits per heavy atom. The number of allylic oxidation sites excluding steroid dienone is 3. The summed E-state index contributed by atoms with van der Waals surface area (Å²) in [6.07, 6.45) is 7.86. The molecule has 0 heterocycles. The van der Waals surface area contributed by atoms with Crippen LogP contribution in [0.25, 0.3) is 0 Å². The van der Waals surface area contributed by atoms with Crippen LogP contribution in [0.3, 0.4) is 0 Å². The Kier molecular flexibility index (Phi) is 14.1. The van der Waals surface area contributed by atoms with Crippen molar-refractivity contribution < 1.29 is 4.39 Å². The fraction of sp³-hybridized carbons (Fsp3) is 0.774. The summed E-state index contributed by atoms with van der Waals surface area (Å²) in [4.78, 5) is 0. The number of alkyl halides is 1. The maximum Gasteiger partial charge on any atom is 0.141 e. The molecule has 0 radical (unpaired) electrons. The van der Waals surface area contributed by atoms with E-state index < -0.39 is 5.67 Å². The van der Waals surface area contributed by atoms with Gasteiger partial charge in [-0.2, -0.15) is 0 Å². The average molecular weight is 449 g/mol. The summed E-state index contributed by atoms with van der Waals surface area (Å²) in [5, 5.41) is 0. The summed E-state index contributed by atoms with van der Waals surface area (Å²) in [5.74, 6) is 0.668. The first kappa shape index (κ1) is 33.1. The Morgan fingerprint density at radius 1 is 1.00 bits per heavy atom. The minimum Gasteiger partial charge on any atom is -0.238 e. The van der Waals surface area contributed by atoms with Crippen molar-refractivity contribution in [3.63, 3.8) is 0 Å². The Balaban J connectivity index is 0. The van der Waals surface area contributed by atoms with Crippen molar-refractivity contribution in [2.24, 2.45) is 22.2 Å². The zero-order valence-electron chi connectivity index (χ0n) is 24.0. The molecule has 188 valence electrons. The lowest BCUT2D eigenvalue weighted by Gasteiger charge is -2.55. The summed E-state index contributed by atoms with van der Waals surface area (Å²) in [6, 6.07) is 0. The van der Waals surface area contributed by atoms with E-state index in [9.17, 15) is 0 Å². The summed E-state index contributed by atoms with van der Waals surface area (Å²) < 4.78 is 15.3. The predicted octanol–water partition coefficient (Wildman–Crippen LogP) is 11.0. The quantitative estimate of drug-likeness (QED) is 0.256. The maximum absolute atomic E-state index is 15.3. The second-order valence-electron chi connectivity index (χ2n) is 12.1. The number of unbranched alkanes of at least 4 members (excludes halogenated alkanes) is 1. The third-order valence-electron chi connectivity index (χ3n) is 7.01. The van der Waals surface area contributed by atoms with Gasteiger partial charge in [-0.15, -0.1) is 5.73 Å². The highest BCUT2D eigenvalue weighted by atomic mass is 19.1. The van der Waals surface area contributed by atoms with Crippen LogP contribution in [0.1, 0.15) is 128 Å². The normalized spacial score (nSPS) is 20.7. The van der Waals surface area contributed by atoms with E-state index >= 15 is 4.39 Å². The fourth-order valence-corrected chi connectivity index (χ4v) is 5.82. The van der Waals surface area contributed by atoms with E-state index in [1.54, 1.807) is 6.92 Å². The van der Waals surface area contributed by atoms with Crippen LogP contribution in [0.4, 0.5) is 4.39 Å². The monoisotopic (exact) mass is 448 g/mol. The van der Waals surface area contributed by atoms with Gasteiger partial charge in [-0.3, -0.25) is 0 Å². The molecular weight excluding hydrogens is 391 g/mol. The lowest BCUT2D eigenvalue weighted by atomic mass is 9.51. The third-order valence-corrected chi connectivity index (χ3v) is 7.01. The molecule has 1 rings (SSSR count). The highest BCUT2D eigenvalue weighted by Gasteiger charge is 2.54. The molecule has 1 fully saturated rings. The van der Waals surface area contributed by atoms with E-state index in [-0.39, 0.29) is 16.2 Å². The lowest BCUT2D eigenvalue weighted by molar-refractivity contribution is -0.0709. The van der Waals surface area contributed by atoms with E-state index in [1.165, 1.54) is 30.4 Å². The van der Waals surface area contributed by atoms with Gasteiger partial charge in [0, 0.05) is 11.0 Å². The second kappa shape index (κ2) is 13.6. The topological polar surface area (TPSA) is 0 Å². The van der Waals surface area contributed by atoms with E-state index in [2.05, 4.69) is 80.9 Å². The molecular formula is C31H57F. The number of halogens is 1. The largest absolute Gasteiger partial charge is 0.238 e. The number of hydrogen-bond donors (Lipinski definition) is 0. The molecule has 0 nitrogen and oxygen atoms in total. The Morgan fingerprint density at radius 3 is 1.78 bits per heavy atom. The summed E-state index contributed by atoms with van der Waals surface area (Å²) in [7, 11) is 0. The molecule has 0 aromatic heterocycles. The third kappa shape index (κ3) is 10.7. The first-order chi connectivity index (χ1) is 14.4. The molecule has 1 aliphatic carbocycles. The molecule has 32 heavy (non-hydrogen) atoms. The van der Waals surface area contributed by atoms with Crippen LogP contribution in [-0.4, -0.2) is 5.67 Å². The summed E-state index contributed by atoms with van der Waals surface area (Å²) in [5.41, 5.74) is 4.68. The van der Waals surface area contributed by atoms with Crippen molar-refractivity contribution in [1.82, 2.24) is 0 Å². The Hall–Kier alpha value is -1.07. The minimum atomic E-state index is -1.33. The molecule has 2 atom stereocenters. The van der Waals surface area contributed by atoms with Gasteiger partial charge < -0.3 is 0 Å². The molecule has 1 heteroatoms. The van der Waals surface area contributed by atoms with Crippen molar-refractivity contribution in [3.8, 4) is 0 Å². The smallest absolute Gasteiger partial charge is 0.141 e. The molecule has 2 unspecified atom stereocenters.